The van der Waals surface area contributed by atoms with Gasteiger partial charge in [-0.3, -0.25) is 14.4 Å². The predicted molar refractivity (Wildman–Crippen MR) is 69.1 cm³/mol. The number of aliphatic carboxylic acids is 1. The highest BCUT2D eigenvalue weighted by atomic mass is 19.2. The van der Waals surface area contributed by atoms with Crippen LogP contribution in [0.3, 0.4) is 0 Å². The minimum absolute atomic E-state index is 0.0311. The van der Waals surface area contributed by atoms with Crippen molar-refractivity contribution in [2.24, 2.45) is 0 Å². The number of carboxylic acid groups (broad SMARTS) is 1. The van der Waals surface area contributed by atoms with Crippen LogP contribution in [0.1, 0.15) is 36.0 Å². The van der Waals surface area contributed by atoms with Gasteiger partial charge >= 0.3 is 5.97 Å². The topological polar surface area (TPSA) is 74.7 Å². The molecule has 0 saturated heterocycles. The van der Waals surface area contributed by atoms with Gasteiger partial charge in [-0.1, -0.05) is 6.42 Å². The van der Waals surface area contributed by atoms with E-state index in [9.17, 15) is 23.2 Å². The molecule has 0 spiro atoms. The monoisotopic (exact) mass is 297 g/mol. The molecule has 0 fully saturated rings. The van der Waals surface area contributed by atoms with Crippen molar-refractivity contribution in [1.82, 2.24) is 0 Å². The number of hydrogen-bond donors (Lipinski definition) is 1. The normalized spacial score (nSPS) is 13.7. The fraction of sp³-hybridized carbons (Fsp3) is 0.357. The zero-order valence-electron chi connectivity index (χ0n) is 11.1. The highest BCUT2D eigenvalue weighted by Gasteiger charge is 2.36. The molecule has 1 amide bonds. The Morgan fingerprint density at radius 2 is 1.76 bits per heavy atom. The third kappa shape index (κ3) is 3.07. The lowest BCUT2D eigenvalue weighted by Gasteiger charge is -2.16. The van der Waals surface area contributed by atoms with Crippen LogP contribution in [0.25, 0.3) is 0 Å². The van der Waals surface area contributed by atoms with Gasteiger partial charge in [0.15, 0.2) is 11.6 Å². The van der Waals surface area contributed by atoms with E-state index in [1.807, 2.05) is 0 Å². The number of ketones is 1. The molecular weight excluding hydrogens is 284 g/mol. The van der Waals surface area contributed by atoms with Crippen LogP contribution in [0, 0.1) is 11.6 Å². The molecule has 0 aliphatic carbocycles. The number of carboxylic acids is 1. The van der Waals surface area contributed by atoms with Crippen molar-refractivity contribution in [3.05, 3.63) is 29.3 Å². The Morgan fingerprint density at radius 1 is 1.10 bits per heavy atom. The van der Waals surface area contributed by atoms with E-state index < -0.39 is 29.3 Å². The second-order valence-corrected chi connectivity index (χ2v) is 4.77. The summed E-state index contributed by atoms with van der Waals surface area (Å²) in [6, 6.07) is 1.57. The molecule has 1 heterocycles. The number of unbranched alkanes of at least 4 members (excludes halogenated alkanes) is 2. The lowest BCUT2D eigenvalue weighted by molar-refractivity contribution is -0.137. The molecule has 5 nitrogen and oxygen atoms in total. The molecule has 0 bridgehead atoms. The molecule has 0 atom stereocenters. The summed E-state index contributed by atoms with van der Waals surface area (Å²) < 4.78 is 26.4. The van der Waals surface area contributed by atoms with Crippen LogP contribution in [0.4, 0.5) is 14.5 Å². The molecule has 0 saturated carbocycles. The van der Waals surface area contributed by atoms with Gasteiger partial charge in [-0.2, -0.15) is 0 Å². The summed E-state index contributed by atoms with van der Waals surface area (Å²) in [5, 5.41) is 8.50. The Hall–Kier alpha value is -2.31. The first-order valence-electron chi connectivity index (χ1n) is 6.49. The van der Waals surface area contributed by atoms with Crippen LogP contribution in [0.2, 0.25) is 0 Å². The number of fused-ring (bicyclic) bond motifs is 1. The first kappa shape index (κ1) is 15.1. The number of rotatable bonds is 6. The zero-order valence-corrected chi connectivity index (χ0v) is 11.1. The van der Waals surface area contributed by atoms with E-state index >= 15 is 0 Å². The van der Waals surface area contributed by atoms with Crippen molar-refractivity contribution >= 4 is 23.3 Å². The van der Waals surface area contributed by atoms with Crippen LogP contribution in [0.15, 0.2) is 12.1 Å². The van der Waals surface area contributed by atoms with E-state index in [0.29, 0.717) is 19.3 Å². The van der Waals surface area contributed by atoms with Gasteiger partial charge in [-0.15, -0.1) is 0 Å². The van der Waals surface area contributed by atoms with E-state index in [1.165, 1.54) is 0 Å². The standard InChI is InChI=1S/C14H13F2NO4/c15-9-6-8-11(7-10(9)16)17(14(21)13(8)20)5-3-1-2-4-12(18)19/h6-7H,1-5H2,(H,18,19). The van der Waals surface area contributed by atoms with Crippen LogP contribution in [-0.4, -0.2) is 29.3 Å². The van der Waals surface area contributed by atoms with Crippen molar-refractivity contribution in [2.45, 2.75) is 25.7 Å². The van der Waals surface area contributed by atoms with Crippen LogP contribution < -0.4 is 4.90 Å². The number of carbonyl (C=O) groups is 3. The van der Waals surface area contributed by atoms with Gasteiger partial charge in [0.05, 0.1) is 11.3 Å². The highest BCUT2D eigenvalue weighted by Crippen LogP contribution is 2.31. The number of Topliss-reactive ketones (excluding diaryl/α,β-unsaturated/α-hetero) is 1. The lowest BCUT2D eigenvalue weighted by Crippen LogP contribution is -2.30. The fourth-order valence-electron chi connectivity index (χ4n) is 2.23. The largest absolute Gasteiger partial charge is 0.481 e. The van der Waals surface area contributed by atoms with Crippen LogP contribution >= 0.6 is 0 Å². The van der Waals surface area contributed by atoms with E-state index in [4.69, 9.17) is 5.11 Å². The molecular formula is C14H13F2NO4. The van der Waals surface area contributed by atoms with Gasteiger partial charge < -0.3 is 10.0 Å². The van der Waals surface area contributed by atoms with Gasteiger partial charge in [0, 0.05) is 19.0 Å². The van der Waals surface area contributed by atoms with Gasteiger partial charge in [0.1, 0.15) is 0 Å². The number of anilines is 1. The maximum atomic E-state index is 13.2. The number of halogens is 2. The molecule has 7 heteroatoms. The third-order valence-corrected chi connectivity index (χ3v) is 3.29. The Balaban J connectivity index is 2.05. The molecule has 1 aliphatic heterocycles. The van der Waals surface area contributed by atoms with Crippen LogP contribution in [0.5, 0.6) is 0 Å². The summed E-state index contributed by atoms with van der Waals surface area (Å²) in [7, 11) is 0. The van der Waals surface area contributed by atoms with Crippen molar-refractivity contribution < 1.29 is 28.3 Å². The van der Waals surface area contributed by atoms with Crippen molar-refractivity contribution in [3.63, 3.8) is 0 Å². The average molecular weight is 297 g/mol. The first-order chi connectivity index (χ1) is 9.91. The first-order valence-corrected chi connectivity index (χ1v) is 6.49. The Morgan fingerprint density at radius 3 is 2.43 bits per heavy atom. The summed E-state index contributed by atoms with van der Waals surface area (Å²) in [6.45, 7) is 0.169. The maximum absolute atomic E-state index is 13.2. The van der Waals surface area contributed by atoms with E-state index in [-0.39, 0.29) is 24.2 Å². The average Bonchev–Trinajstić information content (AvgIpc) is 2.64. The number of carbonyl (C=O) groups excluding carboxylic acids is 2. The molecule has 0 aromatic heterocycles. The van der Waals surface area contributed by atoms with Crippen molar-refractivity contribution in [3.8, 4) is 0 Å². The smallest absolute Gasteiger partial charge is 0.303 e. The van der Waals surface area contributed by atoms with Crippen molar-refractivity contribution in [1.29, 1.82) is 0 Å². The Kier molecular flexibility index (Phi) is 4.30. The summed E-state index contributed by atoms with van der Waals surface area (Å²) in [4.78, 5) is 35.0. The molecule has 1 aliphatic rings. The maximum Gasteiger partial charge on any atom is 0.303 e. The number of nitrogens with zero attached hydrogens (tertiary/aromatic N) is 1. The summed E-state index contributed by atoms with van der Waals surface area (Å²) in [5.41, 5.74) is -0.0634. The number of benzene rings is 1. The Labute approximate surface area is 119 Å². The second-order valence-electron chi connectivity index (χ2n) is 4.77. The molecule has 0 radical (unpaired) electrons. The Bertz CT molecular complexity index is 615. The SMILES string of the molecule is O=C(O)CCCCCN1C(=O)C(=O)c2cc(F)c(F)cc21. The number of amides is 1. The van der Waals surface area contributed by atoms with Gasteiger partial charge in [0.25, 0.3) is 11.7 Å². The molecule has 1 aromatic carbocycles. The molecule has 112 valence electrons. The molecule has 1 aromatic rings. The van der Waals surface area contributed by atoms with Crippen LogP contribution in [-0.2, 0) is 9.59 Å². The predicted octanol–water partition coefficient (Wildman–Crippen LogP) is 2.14. The molecule has 0 unspecified atom stereocenters. The minimum Gasteiger partial charge on any atom is -0.481 e. The minimum atomic E-state index is -1.17. The third-order valence-electron chi connectivity index (χ3n) is 3.29. The summed E-state index contributed by atoms with van der Waals surface area (Å²) in [6.07, 6.45) is 1.52. The zero-order chi connectivity index (χ0) is 15.6. The van der Waals surface area contributed by atoms with Gasteiger partial charge in [-0.25, -0.2) is 8.78 Å². The van der Waals surface area contributed by atoms with E-state index in [1.54, 1.807) is 0 Å². The van der Waals surface area contributed by atoms with Gasteiger partial charge in [0.2, 0.25) is 0 Å². The second kappa shape index (κ2) is 5.99. The lowest BCUT2D eigenvalue weighted by atomic mass is 10.1. The van der Waals surface area contributed by atoms with Gasteiger partial charge in [-0.05, 0) is 18.9 Å². The molecule has 21 heavy (non-hydrogen) atoms. The molecule has 2 rings (SSSR count). The summed E-state index contributed by atoms with van der Waals surface area (Å²) in [5.74, 6) is -4.85. The number of hydrogen-bond acceptors (Lipinski definition) is 3. The highest BCUT2D eigenvalue weighted by molar-refractivity contribution is 6.52. The van der Waals surface area contributed by atoms with E-state index in [0.717, 1.165) is 17.0 Å². The fourth-order valence-corrected chi connectivity index (χ4v) is 2.23. The van der Waals surface area contributed by atoms with Crippen molar-refractivity contribution in [2.75, 3.05) is 11.4 Å². The summed E-state index contributed by atoms with van der Waals surface area (Å²) >= 11 is 0. The quantitative estimate of drug-likeness (QED) is 0.645. The van der Waals surface area contributed by atoms with E-state index in [2.05, 4.69) is 0 Å². The molecule has 1 N–H and O–H groups in total.